The van der Waals surface area contributed by atoms with Crippen LogP contribution in [0.4, 0.5) is 0 Å². The second kappa shape index (κ2) is 6.50. The summed E-state index contributed by atoms with van der Waals surface area (Å²) in [6.45, 7) is 10.9. The number of ether oxygens (including phenoxy) is 1. The van der Waals surface area contributed by atoms with Crippen LogP contribution in [0.15, 0.2) is 0 Å². The molecule has 0 aromatic rings. The number of carboxylic acids is 1. The zero-order chi connectivity index (χ0) is 13.8. The van der Waals surface area contributed by atoms with E-state index in [9.17, 15) is 9.90 Å². The molecule has 1 heterocycles. The summed E-state index contributed by atoms with van der Waals surface area (Å²) in [5.74, 6) is -0.780. The van der Waals surface area contributed by atoms with E-state index in [4.69, 9.17) is 4.74 Å². The lowest BCUT2D eigenvalue weighted by atomic mass is 9.92. The Morgan fingerprint density at radius 1 is 1.67 bits per heavy atom. The molecule has 5 nitrogen and oxygen atoms in total. The fourth-order valence-electron chi connectivity index (χ4n) is 2.73. The Hall–Kier alpha value is -0.650. The van der Waals surface area contributed by atoms with Gasteiger partial charge in [0.1, 0.15) is 5.54 Å². The van der Waals surface area contributed by atoms with Crippen molar-refractivity contribution in [3.05, 3.63) is 0 Å². The summed E-state index contributed by atoms with van der Waals surface area (Å²) in [5.41, 5.74) is -0.855. The summed E-state index contributed by atoms with van der Waals surface area (Å²) in [6, 6.07) is 0.581. The van der Waals surface area contributed by atoms with Gasteiger partial charge in [-0.1, -0.05) is 6.92 Å². The number of morpholine rings is 1. The van der Waals surface area contributed by atoms with Crippen LogP contribution in [0.1, 0.15) is 34.1 Å². The predicted octanol–water partition coefficient (Wildman–Crippen LogP) is 0.939. The molecule has 0 saturated carbocycles. The van der Waals surface area contributed by atoms with Crippen molar-refractivity contribution in [1.29, 1.82) is 0 Å². The molecule has 0 amide bonds. The fraction of sp³-hybridized carbons (Fsp3) is 0.923. The van der Waals surface area contributed by atoms with Gasteiger partial charge in [-0.2, -0.15) is 0 Å². The van der Waals surface area contributed by atoms with Crippen LogP contribution >= 0.6 is 0 Å². The van der Waals surface area contributed by atoms with Crippen molar-refractivity contribution in [3.63, 3.8) is 0 Å². The van der Waals surface area contributed by atoms with Crippen molar-refractivity contribution in [2.24, 2.45) is 0 Å². The van der Waals surface area contributed by atoms with Crippen molar-refractivity contribution < 1.29 is 14.6 Å². The first-order valence-electron chi connectivity index (χ1n) is 6.72. The molecule has 5 heteroatoms. The van der Waals surface area contributed by atoms with Crippen LogP contribution in [-0.4, -0.2) is 59.9 Å². The van der Waals surface area contributed by atoms with Crippen molar-refractivity contribution in [2.75, 3.05) is 26.3 Å². The van der Waals surface area contributed by atoms with E-state index in [1.165, 1.54) is 0 Å². The number of aliphatic carboxylic acids is 1. The molecule has 0 spiro atoms. The Morgan fingerprint density at radius 3 is 2.83 bits per heavy atom. The Bertz CT molecular complexity index is 285. The maximum Gasteiger partial charge on any atom is 0.323 e. The molecular formula is C13H26N2O3. The van der Waals surface area contributed by atoms with Gasteiger partial charge >= 0.3 is 5.97 Å². The van der Waals surface area contributed by atoms with E-state index in [0.717, 1.165) is 19.8 Å². The Labute approximate surface area is 109 Å². The number of likely N-dealkylation sites (N-methyl/N-ethyl adjacent to an activating group) is 1. The molecule has 1 aliphatic rings. The van der Waals surface area contributed by atoms with Gasteiger partial charge in [0.15, 0.2) is 0 Å². The number of nitrogens with one attached hydrogen (secondary N) is 1. The molecule has 1 fully saturated rings. The lowest BCUT2D eigenvalue weighted by molar-refractivity contribution is -0.145. The highest BCUT2D eigenvalue weighted by atomic mass is 16.5. The molecule has 1 saturated heterocycles. The average molecular weight is 258 g/mol. The third kappa shape index (κ3) is 3.67. The second-order valence-corrected chi connectivity index (χ2v) is 5.38. The van der Waals surface area contributed by atoms with Gasteiger partial charge in [0.05, 0.1) is 13.2 Å². The number of rotatable bonds is 6. The highest BCUT2D eigenvalue weighted by Gasteiger charge is 2.36. The average Bonchev–Trinajstić information content (AvgIpc) is 2.29. The summed E-state index contributed by atoms with van der Waals surface area (Å²) >= 11 is 0. The van der Waals surface area contributed by atoms with Gasteiger partial charge < -0.3 is 15.2 Å². The van der Waals surface area contributed by atoms with Crippen molar-refractivity contribution in [1.82, 2.24) is 10.2 Å². The fourth-order valence-corrected chi connectivity index (χ4v) is 2.73. The van der Waals surface area contributed by atoms with E-state index in [-0.39, 0.29) is 6.04 Å². The zero-order valence-corrected chi connectivity index (χ0v) is 11.9. The van der Waals surface area contributed by atoms with E-state index < -0.39 is 11.5 Å². The quantitative estimate of drug-likeness (QED) is 0.742. The molecule has 3 atom stereocenters. The van der Waals surface area contributed by atoms with Crippen LogP contribution < -0.4 is 5.32 Å². The summed E-state index contributed by atoms with van der Waals surface area (Å²) in [6.07, 6.45) is 0.598. The zero-order valence-electron chi connectivity index (χ0n) is 11.9. The molecule has 0 aromatic carbocycles. The van der Waals surface area contributed by atoms with E-state index in [1.54, 1.807) is 6.92 Å². The van der Waals surface area contributed by atoms with E-state index >= 15 is 0 Å². The van der Waals surface area contributed by atoms with Gasteiger partial charge in [-0.05, 0) is 33.7 Å². The number of carbonyl (C=O) groups is 1. The lowest BCUT2D eigenvalue weighted by Gasteiger charge is -2.40. The molecule has 0 aliphatic carbocycles. The number of carboxylic acid groups (broad SMARTS) is 1. The Morgan fingerprint density at radius 2 is 2.33 bits per heavy atom. The maximum absolute atomic E-state index is 11.4. The van der Waals surface area contributed by atoms with Gasteiger partial charge in [0.25, 0.3) is 0 Å². The second-order valence-electron chi connectivity index (χ2n) is 5.38. The molecule has 0 radical (unpaired) electrons. The van der Waals surface area contributed by atoms with Gasteiger partial charge in [-0.3, -0.25) is 9.69 Å². The molecule has 0 bridgehead atoms. The van der Waals surface area contributed by atoms with Crippen LogP contribution in [0, 0.1) is 0 Å². The monoisotopic (exact) mass is 258 g/mol. The number of nitrogens with zero attached hydrogens (tertiary/aromatic N) is 1. The SMILES string of the molecule is CCNC(C)(CC(C)N1CCOCC1C)C(=O)O. The topological polar surface area (TPSA) is 61.8 Å². The van der Waals surface area contributed by atoms with Crippen LogP contribution in [0.3, 0.4) is 0 Å². The molecule has 1 aliphatic heterocycles. The van der Waals surface area contributed by atoms with Gasteiger partial charge in [0.2, 0.25) is 0 Å². The smallest absolute Gasteiger partial charge is 0.323 e. The maximum atomic E-state index is 11.4. The van der Waals surface area contributed by atoms with Crippen LogP contribution in [0.2, 0.25) is 0 Å². The lowest BCUT2D eigenvalue weighted by Crippen LogP contribution is -2.56. The number of hydrogen-bond acceptors (Lipinski definition) is 4. The van der Waals surface area contributed by atoms with Crippen molar-refractivity contribution in [3.8, 4) is 0 Å². The molecule has 3 unspecified atom stereocenters. The minimum Gasteiger partial charge on any atom is -0.480 e. The first-order chi connectivity index (χ1) is 8.40. The summed E-state index contributed by atoms with van der Waals surface area (Å²) < 4.78 is 5.41. The van der Waals surface area contributed by atoms with Crippen LogP contribution in [-0.2, 0) is 9.53 Å². The molecule has 106 valence electrons. The largest absolute Gasteiger partial charge is 0.480 e. The number of hydrogen-bond donors (Lipinski definition) is 2. The molecule has 18 heavy (non-hydrogen) atoms. The van der Waals surface area contributed by atoms with E-state index in [1.807, 2.05) is 6.92 Å². The normalized spacial score (nSPS) is 26.6. The summed E-state index contributed by atoms with van der Waals surface area (Å²) in [5, 5.41) is 12.5. The van der Waals surface area contributed by atoms with Crippen molar-refractivity contribution >= 4 is 5.97 Å². The Balaban J connectivity index is 2.65. The standard InChI is InChI=1S/C13H26N2O3/c1-5-14-13(4,12(16)17)8-10(2)15-6-7-18-9-11(15)3/h10-11,14H,5-9H2,1-4H3,(H,16,17). The van der Waals surface area contributed by atoms with Gasteiger partial charge in [-0.15, -0.1) is 0 Å². The minimum absolute atomic E-state index is 0.226. The highest BCUT2D eigenvalue weighted by Crippen LogP contribution is 2.20. The third-order valence-electron chi connectivity index (χ3n) is 3.73. The first kappa shape index (κ1) is 15.4. The Kier molecular flexibility index (Phi) is 5.56. The predicted molar refractivity (Wildman–Crippen MR) is 70.8 cm³/mol. The van der Waals surface area contributed by atoms with E-state index in [2.05, 4.69) is 24.1 Å². The van der Waals surface area contributed by atoms with Gasteiger partial charge in [0, 0.05) is 18.6 Å². The minimum atomic E-state index is -0.855. The highest BCUT2D eigenvalue weighted by molar-refractivity contribution is 5.78. The third-order valence-corrected chi connectivity index (χ3v) is 3.73. The van der Waals surface area contributed by atoms with Crippen LogP contribution in [0.25, 0.3) is 0 Å². The van der Waals surface area contributed by atoms with E-state index in [0.29, 0.717) is 19.0 Å². The van der Waals surface area contributed by atoms with Crippen LogP contribution in [0.5, 0.6) is 0 Å². The molecule has 1 rings (SSSR count). The van der Waals surface area contributed by atoms with Gasteiger partial charge in [-0.25, -0.2) is 0 Å². The van der Waals surface area contributed by atoms with Crippen molar-refractivity contribution in [2.45, 2.75) is 51.7 Å². The molecular weight excluding hydrogens is 232 g/mol. The molecule has 0 aromatic heterocycles. The summed E-state index contributed by atoms with van der Waals surface area (Å²) in [4.78, 5) is 13.7. The summed E-state index contributed by atoms with van der Waals surface area (Å²) in [7, 11) is 0. The first-order valence-corrected chi connectivity index (χ1v) is 6.72. The molecule has 2 N–H and O–H groups in total.